The standard InChI is InChI=1S/C11H7NO2/c1-3-11(13)10-6-9(14-2)5-4-8(10)7-12/h1,4-6H,2H3. The van der Waals surface area contributed by atoms with Gasteiger partial charge in [-0.05, 0) is 24.1 Å². The maximum Gasteiger partial charge on any atom is 0.237 e. The third-order valence-electron chi connectivity index (χ3n) is 1.72. The van der Waals surface area contributed by atoms with Crippen LogP contribution in [0.1, 0.15) is 15.9 Å². The summed E-state index contributed by atoms with van der Waals surface area (Å²) in [7, 11) is 1.48. The lowest BCUT2D eigenvalue weighted by Gasteiger charge is -2.02. The molecule has 68 valence electrons. The van der Waals surface area contributed by atoms with Gasteiger partial charge < -0.3 is 4.74 Å². The van der Waals surface area contributed by atoms with E-state index in [1.807, 2.05) is 12.0 Å². The Morgan fingerprint density at radius 2 is 2.29 bits per heavy atom. The van der Waals surface area contributed by atoms with Crippen LogP contribution in [0.15, 0.2) is 18.2 Å². The molecule has 0 fully saturated rings. The predicted octanol–water partition coefficient (Wildman–Crippen LogP) is 1.38. The Hall–Kier alpha value is -2.26. The molecule has 0 amide bonds. The Morgan fingerprint density at radius 3 is 2.79 bits per heavy atom. The van der Waals surface area contributed by atoms with Gasteiger partial charge in [-0.1, -0.05) is 0 Å². The quantitative estimate of drug-likeness (QED) is 0.397. The summed E-state index contributed by atoms with van der Waals surface area (Å²) in [6.07, 6.45) is 4.97. The number of methoxy groups -OCH3 is 1. The topological polar surface area (TPSA) is 50.1 Å². The second kappa shape index (κ2) is 4.11. The van der Waals surface area contributed by atoms with Gasteiger partial charge in [0.1, 0.15) is 5.75 Å². The van der Waals surface area contributed by atoms with Crippen LogP contribution in [0.5, 0.6) is 5.75 Å². The van der Waals surface area contributed by atoms with Crippen molar-refractivity contribution in [3.05, 3.63) is 29.3 Å². The molecule has 1 aromatic rings. The molecule has 3 nitrogen and oxygen atoms in total. The van der Waals surface area contributed by atoms with Crippen LogP contribution in [-0.4, -0.2) is 12.9 Å². The van der Waals surface area contributed by atoms with E-state index in [4.69, 9.17) is 16.4 Å². The first-order chi connectivity index (χ1) is 6.72. The summed E-state index contributed by atoms with van der Waals surface area (Å²) in [5.41, 5.74) is 0.461. The first-order valence-electron chi connectivity index (χ1n) is 3.82. The highest BCUT2D eigenvalue weighted by molar-refractivity contribution is 6.10. The number of Topliss-reactive ketones (excluding diaryl/α,β-unsaturated/α-hetero) is 1. The van der Waals surface area contributed by atoms with Crippen molar-refractivity contribution >= 4 is 5.78 Å². The number of nitriles is 1. The van der Waals surface area contributed by atoms with Crippen LogP contribution in [0.2, 0.25) is 0 Å². The zero-order chi connectivity index (χ0) is 10.6. The summed E-state index contributed by atoms with van der Waals surface area (Å²) < 4.78 is 4.92. The zero-order valence-corrected chi connectivity index (χ0v) is 7.57. The van der Waals surface area contributed by atoms with Gasteiger partial charge in [-0.25, -0.2) is 0 Å². The maximum absolute atomic E-state index is 11.2. The van der Waals surface area contributed by atoms with Gasteiger partial charge in [-0.2, -0.15) is 5.26 Å². The molecular weight excluding hydrogens is 178 g/mol. The smallest absolute Gasteiger partial charge is 0.237 e. The van der Waals surface area contributed by atoms with Gasteiger partial charge in [0.15, 0.2) is 0 Å². The molecule has 0 radical (unpaired) electrons. The van der Waals surface area contributed by atoms with Crippen molar-refractivity contribution in [2.24, 2.45) is 0 Å². The summed E-state index contributed by atoms with van der Waals surface area (Å²) in [4.78, 5) is 11.2. The first-order valence-corrected chi connectivity index (χ1v) is 3.82. The lowest BCUT2D eigenvalue weighted by molar-refractivity contribution is 0.105. The molecule has 1 rings (SSSR count). The molecule has 14 heavy (non-hydrogen) atoms. The maximum atomic E-state index is 11.2. The van der Waals surface area contributed by atoms with Gasteiger partial charge in [0.2, 0.25) is 5.78 Å². The van der Waals surface area contributed by atoms with Crippen LogP contribution in [0.3, 0.4) is 0 Å². The molecule has 0 spiro atoms. The largest absolute Gasteiger partial charge is 0.497 e. The van der Waals surface area contributed by atoms with E-state index < -0.39 is 5.78 Å². The number of ketones is 1. The summed E-state index contributed by atoms with van der Waals surface area (Å²) >= 11 is 0. The Bertz CT molecular complexity index is 449. The minimum absolute atomic E-state index is 0.203. The molecule has 0 N–H and O–H groups in total. The molecule has 0 aliphatic carbocycles. The normalized spacial score (nSPS) is 8.50. The molecule has 0 aromatic heterocycles. The van der Waals surface area contributed by atoms with Crippen LogP contribution in [0, 0.1) is 23.7 Å². The van der Waals surface area contributed by atoms with Crippen LogP contribution in [0.4, 0.5) is 0 Å². The van der Waals surface area contributed by atoms with E-state index in [0.29, 0.717) is 5.75 Å². The molecule has 3 heteroatoms. The van der Waals surface area contributed by atoms with E-state index in [9.17, 15) is 4.79 Å². The average Bonchev–Trinajstić information content (AvgIpc) is 2.27. The van der Waals surface area contributed by atoms with E-state index in [-0.39, 0.29) is 11.1 Å². The number of carbonyl (C=O) groups is 1. The Kier molecular flexibility index (Phi) is 2.89. The number of terminal acetylenes is 1. The molecule has 0 aliphatic heterocycles. The Morgan fingerprint density at radius 1 is 1.57 bits per heavy atom. The van der Waals surface area contributed by atoms with Crippen molar-refractivity contribution in [3.63, 3.8) is 0 Å². The van der Waals surface area contributed by atoms with Gasteiger partial charge in [0.05, 0.1) is 24.3 Å². The second-order valence-corrected chi connectivity index (χ2v) is 2.50. The predicted molar refractivity (Wildman–Crippen MR) is 50.9 cm³/mol. The Balaban J connectivity index is 3.32. The van der Waals surface area contributed by atoms with Crippen LogP contribution < -0.4 is 4.74 Å². The van der Waals surface area contributed by atoms with Crippen molar-refractivity contribution in [2.45, 2.75) is 0 Å². The monoisotopic (exact) mass is 185 g/mol. The molecular formula is C11H7NO2. The highest BCUT2D eigenvalue weighted by Crippen LogP contribution is 2.17. The van der Waals surface area contributed by atoms with E-state index in [1.54, 1.807) is 6.07 Å². The second-order valence-electron chi connectivity index (χ2n) is 2.50. The molecule has 1 aromatic carbocycles. The fraction of sp³-hybridized carbons (Fsp3) is 0.0909. The van der Waals surface area contributed by atoms with E-state index in [1.165, 1.54) is 19.2 Å². The minimum Gasteiger partial charge on any atom is -0.497 e. The van der Waals surface area contributed by atoms with Crippen molar-refractivity contribution in [3.8, 4) is 24.2 Å². The van der Waals surface area contributed by atoms with Crippen LogP contribution in [0.25, 0.3) is 0 Å². The SMILES string of the molecule is C#CC(=O)c1cc(OC)ccc1C#N. The summed E-state index contributed by atoms with van der Waals surface area (Å²) in [5, 5.41) is 8.71. The highest BCUT2D eigenvalue weighted by atomic mass is 16.5. The first kappa shape index (κ1) is 9.83. The summed E-state index contributed by atoms with van der Waals surface area (Å²) in [6, 6.07) is 6.46. The number of benzene rings is 1. The molecule has 0 saturated heterocycles. The van der Waals surface area contributed by atoms with Crippen molar-refractivity contribution in [1.82, 2.24) is 0 Å². The number of carbonyl (C=O) groups excluding carboxylic acids is 1. The lowest BCUT2D eigenvalue weighted by Crippen LogP contribution is -1.99. The van der Waals surface area contributed by atoms with Gasteiger partial charge in [0, 0.05) is 0 Å². The van der Waals surface area contributed by atoms with Gasteiger partial charge >= 0.3 is 0 Å². The third-order valence-corrected chi connectivity index (χ3v) is 1.72. The summed E-state index contributed by atoms with van der Waals surface area (Å²) in [5.74, 6) is 1.95. The van der Waals surface area contributed by atoms with E-state index >= 15 is 0 Å². The fourth-order valence-electron chi connectivity index (χ4n) is 1.01. The van der Waals surface area contributed by atoms with Gasteiger partial charge in [-0.3, -0.25) is 4.79 Å². The molecule has 0 bridgehead atoms. The fourth-order valence-corrected chi connectivity index (χ4v) is 1.01. The molecule has 0 heterocycles. The zero-order valence-electron chi connectivity index (χ0n) is 7.57. The van der Waals surface area contributed by atoms with Crippen LogP contribution >= 0.6 is 0 Å². The lowest BCUT2D eigenvalue weighted by atomic mass is 10.0. The van der Waals surface area contributed by atoms with E-state index in [2.05, 4.69) is 0 Å². The number of nitrogens with zero attached hydrogens (tertiary/aromatic N) is 1. The molecule has 0 unspecified atom stereocenters. The number of rotatable bonds is 2. The molecule has 0 saturated carbocycles. The summed E-state index contributed by atoms with van der Waals surface area (Å²) in [6.45, 7) is 0. The molecule has 0 aliphatic rings. The number of hydrogen-bond acceptors (Lipinski definition) is 3. The number of ether oxygens (including phenoxy) is 1. The van der Waals surface area contributed by atoms with Crippen molar-refractivity contribution in [1.29, 1.82) is 5.26 Å². The van der Waals surface area contributed by atoms with E-state index in [0.717, 1.165) is 0 Å². The Labute approximate surface area is 81.9 Å². The number of hydrogen-bond donors (Lipinski definition) is 0. The third kappa shape index (κ3) is 1.73. The minimum atomic E-state index is -0.513. The van der Waals surface area contributed by atoms with Gasteiger partial charge in [0.25, 0.3) is 0 Å². The average molecular weight is 185 g/mol. The molecule has 0 atom stereocenters. The van der Waals surface area contributed by atoms with Gasteiger partial charge in [-0.15, -0.1) is 6.42 Å². The van der Waals surface area contributed by atoms with Crippen LogP contribution in [-0.2, 0) is 0 Å². The van der Waals surface area contributed by atoms with Crippen molar-refractivity contribution in [2.75, 3.05) is 7.11 Å². The van der Waals surface area contributed by atoms with Crippen molar-refractivity contribution < 1.29 is 9.53 Å². The highest BCUT2D eigenvalue weighted by Gasteiger charge is 2.09.